The fourth-order valence-corrected chi connectivity index (χ4v) is 5.01. The van der Waals surface area contributed by atoms with Gasteiger partial charge in [-0.15, -0.1) is 24.8 Å². The Bertz CT molecular complexity index is 597. The van der Waals surface area contributed by atoms with Crippen LogP contribution >= 0.6 is 48.0 Å². The van der Waals surface area contributed by atoms with Gasteiger partial charge in [0, 0.05) is 29.1 Å². The van der Waals surface area contributed by atoms with Crippen molar-refractivity contribution in [1.29, 1.82) is 0 Å². The van der Waals surface area contributed by atoms with E-state index in [2.05, 4.69) is 4.90 Å². The highest BCUT2D eigenvalue weighted by Crippen LogP contribution is 2.30. The normalized spacial score (nSPS) is 23.9. The minimum absolute atomic E-state index is 0. The number of benzene rings is 1. The second kappa shape index (κ2) is 14.1. The summed E-state index contributed by atoms with van der Waals surface area (Å²) in [6, 6.07) is 5.97. The first-order valence-electron chi connectivity index (χ1n) is 10.5. The number of hydrogen-bond acceptors (Lipinski definition) is 3. The number of Topliss-reactive ketones (excluding diaryl/α,β-unsaturated/α-hetero) is 1. The maximum absolute atomic E-state index is 11.5. The van der Waals surface area contributed by atoms with Crippen molar-refractivity contribution in [3.05, 3.63) is 33.8 Å². The molecule has 1 saturated heterocycles. The van der Waals surface area contributed by atoms with E-state index >= 15 is 0 Å². The van der Waals surface area contributed by atoms with Gasteiger partial charge in [-0.2, -0.15) is 0 Å². The van der Waals surface area contributed by atoms with Gasteiger partial charge in [0.2, 0.25) is 0 Å². The Hall–Kier alpha value is -0.0300. The molecular formula is C22H33Cl4NO2. The molecule has 1 aromatic carbocycles. The lowest BCUT2D eigenvalue weighted by molar-refractivity contribution is -0.117. The first-order valence-corrected chi connectivity index (χ1v) is 11.2. The number of ketones is 1. The smallest absolute Gasteiger partial charge is 0.148 e. The minimum atomic E-state index is 0. The summed E-state index contributed by atoms with van der Waals surface area (Å²) in [5, 5.41) is 1.40. The van der Waals surface area contributed by atoms with Crippen molar-refractivity contribution in [2.45, 2.75) is 76.4 Å². The molecule has 3 aliphatic rings. The number of hydrogen-bond donors (Lipinski definition) is 0. The van der Waals surface area contributed by atoms with Gasteiger partial charge >= 0.3 is 0 Å². The van der Waals surface area contributed by atoms with E-state index in [1.165, 1.54) is 38.5 Å². The zero-order valence-corrected chi connectivity index (χ0v) is 20.1. The topological polar surface area (TPSA) is 29.5 Å². The number of halogens is 4. The van der Waals surface area contributed by atoms with E-state index in [0.717, 1.165) is 31.4 Å². The van der Waals surface area contributed by atoms with Gasteiger partial charge in [0.1, 0.15) is 5.78 Å². The van der Waals surface area contributed by atoms with Crippen LogP contribution < -0.4 is 0 Å². The highest BCUT2D eigenvalue weighted by molar-refractivity contribution is 6.35. The third-order valence-corrected chi connectivity index (χ3v) is 6.65. The molecule has 0 aromatic heterocycles. The summed E-state index contributed by atoms with van der Waals surface area (Å²) >= 11 is 12.4. The lowest BCUT2D eigenvalue weighted by Gasteiger charge is -2.28. The predicted octanol–water partition coefficient (Wildman–Crippen LogP) is 6.54. The van der Waals surface area contributed by atoms with Crippen LogP contribution in [0.2, 0.25) is 10.0 Å². The van der Waals surface area contributed by atoms with Crippen LogP contribution in [0.3, 0.4) is 0 Å². The Kier molecular flexibility index (Phi) is 13.1. The summed E-state index contributed by atoms with van der Waals surface area (Å²) in [7, 11) is 0. The fraction of sp³-hybridized carbons (Fsp3) is 0.682. The summed E-state index contributed by atoms with van der Waals surface area (Å²) in [4.78, 5) is 13.8. The zero-order valence-electron chi connectivity index (χ0n) is 16.9. The Balaban J connectivity index is 0.000000527. The predicted molar refractivity (Wildman–Crippen MR) is 126 cm³/mol. The van der Waals surface area contributed by atoms with E-state index in [9.17, 15) is 4.79 Å². The van der Waals surface area contributed by atoms with Crippen molar-refractivity contribution in [3.8, 4) is 0 Å². The molecule has 1 aromatic rings. The Labute approximate surface area is 197 Å². The summed E-state index contributed by atoms with van der Waals surface area (Å²) in [6.07, 6.45) is 12.5. The van der Waals surface area contributed by atoms with Crippen LogP contribution in [0.15, 0.2) is 18.2 Å². The number of likely N-dealkylation sites (tertiary alicyclic amines) is 1. The lowest BCUT2D eigenvalue weighted by Crippen LogP contribution is -2.40. The molecular weight excluding hydrogens is 452 g/mol. The molecule has 0 amide bonds. The number of nitrogens with zero attached hydrogens (tertiary/aromatic N) is 1. The van der Waals surface area contributed by atoms with Gasteiger partial charge in [-0.05, 0) is 43.4 Å². The van der Waals surface area contributed by atoms with Crippen LogP contribution in [0.25, 0.3) is 0 Å². The standard InChI is InChI=1S/C17H21Cl2NO2.C5H10.2ClH/c18-14-3-1-4-15(19)13(14)8-10-22-17-6-2-5-16(17)20-9-7-12(21)11-20;1-2-4-5-3-1;;/h1,3-4,16-17H,2,5-11H2;1-5H2;2*1H/t16-,17-;;;/m1.../s1. The summed E-state index contributed by atoms with van der Waals surface area (Å²) in [5.74, 6) is 0.355. The fourth-order valence-electron chi connectivity index (χ4n) is 4.42. The molecule has 3 fully saturated rings. The molecule has 1 heterocycles. The van der Waals surface area contributed by atoms with Gasteiger partial charge in [0.05, 0.1) is 19.3 Å². The summed E-state index contributed by atoms with van der Waals surface area (Å²) in [6.45, 7) is 2.10. The molecule has 29 heavy (non-hydrogen) atoms. The SMILES string of the molecule is C1CCCC1.Cl.Cl.O=C1CCN([C@@H]2CCC[C@H]2OCCc2c(Cl)cccc2Cl)C1. The van der Waals surface area contributed by atoms with E-state index in [0.29, 0.717) is 41.4 Å². The van der Waals surface area contributed by atoms with E-state index in [1.54, 1.807) is 0 Å². The molecule has 2 aliphatic carbocycles. The Morgan fingerprint density at radius 2 is 1.59 bits per heavy atom. The number of carbonyl (C=O) groups excluding carboxylic acids is 1. The van der Waals surface area contributed by atoms with Gasteiger partial charge in [-0.3, -0.25) is 9.69 Å². The highest BCUT2D eigenvalue weighted by atomic mass is 35.5. The van der Waals surface area contributed by atoms with Crippen molar-refractivity contribution >= 4 is 53.8 Å². The molecule has 3 nitrogen and oxygen atoms in total. The molecule has 2 saturated carbocycles. The van der Waals surface area contributed by atoms with Crippen LogP contribution in [0.1, 0.15) is 63.4 Å². The third-order valence-electron chi connectivity index (χ3n) is 5.94. The molecule has 2 atom stereocenters. The second-order valence-electron chi connectivity index (χ2n) is 7.88. The Morgan fingerprint density at radius 3 is 2.14 bits per heavy atom. The number of carbonyl (C=O) groups is 1. The summed E-state index contributed by atoms with van der Waals surface area (Å²) in [5.41, 5.74) is 0.955. The van der Waals surface area contributed by atoms with Crippen LogP contribution in [-0.4, -0.2) is 42.5 Å². The molecule has 1 aliphatic heterocycles. The molecule has 4 rings (SSSR count). The van der Waals surface area contributed by atoms with Crippen LogP contribution in [-0.2, 0) is 16.0 Å². The van der Waals surface area contributed by atoms with Gasteiger partial charge in [0.25, 0.3) is 0 Å². The van der Waals surface area contributed by atoms with Crippen molar-refractivity contribution in [2.24, 2.45) is 0 Å². The van der Waals surface area contributed by atoms with E-state index in [1.807, 2.05) is 18.2 Å². The first-order chi connectivity index (χ1) is 13.1. The average molecular weight is 485 g/mol. The second-order valence-corrected chi connectivity index (χ2v) is 8.70. The summed E-state index contributed by atoms with van der Waals surface area (Å²) < 4.78 is 6.11. The molecule has 166 valence electrons. The molecule has 0 bridgehead atoms. The molecule has 0 spiro atoms. The minimum Gasteiger partial charge on any atom is -0.376 e. The molecule has 7 heteroatoms. The molecule has 0 unspecified atom stereocenters. The van der Waals surface area contributed by atoms with Crippen molar-refractivity contribution in [3.63, 3.8) is 0 Å². The van der Waals surface area contributed by atoms with Crippen LogP contribution in [0.5, 0.6) is 0 Å². The van der Waals surface area contributed by atoms with E-state index < -0.39 is 0 Å². The number of rotatable bonds is 5. The van der Waals surface area contributed by atoms with Gasteiger partial charge < -0.3 is 4.74 Å². The first kappa shape index (κ1) is 27.0. The van der Waals surface area contributed by atoms with E-state index in [-0.39, 0.29) is 30.9 Å². The van der Waals surface area contributed by atoms with Crippen molar-refractivity contribution < 1.29 is 9.53 Å². The van der Waals surface area contributed by atoms with Gasteiger partial charge in [-0.1, -0.05) is 61.4 Å². The van der Waals surface area contributed by atoms with E-state index in [4.69, 9.17) is 27.9 Å². The maximum atomic E-state index is 11.5. The monoisotopic (exact) mass is 483 g/mol. The Morgan fingerprint density at radius 1 is 0.966 bits per heavy atom. The van der Waals surface area contributed by atoms with Crippen molar-refractivity contribution in [2.75, 3.05) is 19.7 Å². The van der Waals surface area contributed by atoms with Crippen molar-refractivity contribution in [1.82, 2.24) is 4.90 Å². The zero-order chi connectivity index (χ0) is 19.1. The van der Waals surface area contributed by atoms with Crippen LogP contribution in [0.4, 0.5) is 0 Å². The largest absolute Gasteiger partial charge is 0.376 e. The quantitative estimate of drug-likeness (QED) is 0.474. The van der Waals surface area contributed by atoms with Gasteiger partial charge in [0.15, 0.2) is 0 Å². The molecule has 0 N–H and O–H groups in total. The lowest BCUT2D eigenvalue weighted by atomic mass is 10.1. The van der Waals surface area contributed by atoms with Crippen LogP contribution in [0, 0.1) is 0 Å². The number of ether oxygens (including phenoxy) is 1. The van der Waals surface area contributed by atoms with Gasteiger partial charge in [-0.25, -0.2) is 0 Å². The average Bonchev–Trinajstić information content (AvgIpc) is 3.40. The maximum Gasteiger partial charge on any atom is 0.148 e. The third kappa shape index (κ3) is 8.20. The molecule has 0 radical (unpaired) electrons. The highest BCUT2D eigenvalue weighted by Gasteiger charge is 2.36.